The number of ether oxygens (including phenoxy) is 2. The Hall–Kier alpha value is -3.02. The van der Waals surface area contributed by atoms with Crippen LogP contribution in [0.25, 0.3) is 0 Å². The number of hydrogen-bond acceptors (Lipinski definition) is 4. The average Bonchev–Trinajstić information content (AvgIpc) is 3.46. The maximum absolute atomic E-state index is 12.6. The molecule has 1 fully saturated rings. The molecule has 0 heterocycles. The molecule has 0 spiro atoms. The summed E-state index contributed by atoms with van der Waals surface area (Å²) in [4.78, 5) is 23.9. The van der Waals surface area contributed by atoms with Crippen LogP contribution in [0.2, 0.25) is 0 Å². The topological polar surface area (TPSA) is 84.9 Å². The van der Waals surface area contributed by atoms with Crippen molar-refractivity contribution >= 4 is 11.9 Å². The number of aliphatic carboxylic acids is 1. The minimum atomic E-state index is -0.978. The van der Waals surface area contributed by atoms with Crippen molar-refractivity contribution in [1.29, 1.82) is 0 Å². The predicted octanol–water partition coefficient (Wildman–Crippen LogP) is 3.53. The van der Waals surface area contributed by atoms with Crippen LogP contribution in [-0.4, -0.2) is 31.2 Å². The highest BCUT2D eigenvalue weighted by Crippen LogP contribution is 2.49. The minimum Gasteiger partial charge on any atom is -0.493 e. The molecule has 2 aromatic rings. The van der Waals surface area contributed by atoms with Crippen LogP contribution in [0.4, 0.5) is 0 Å². The van der Waals surface area contributed by atoms with E-state index in [0.29, 0.717) is 35.3 Å². The van der Waals surface area contributed by atoms with Crippen LogP contribution in [-0.2, 0) is 9.59 Å². The number of nitrogens with one attached hydrogen (secondary N) is 1. The third-order valence-electron chi connectivity index (χ3n) is 5.12. The van der Waals surface area contributed by atoms with Gasteiger partial charge in [-0.2, -0.15) is 0 Å². The molecule has 0 aromatic heterocycles. The van der Waals surface area contributed by atoms with Crippen molar-refractivity contribution in [3.05, 3.63) is 59.7 Å². The zero-order valence-corrected chi connectivity index (χ0v) is 16.1. The highest BCUT2D eigenvalue weighted by Gasteiger charge is 2.39. The van der Waals surface area contributed by atoms with Gasteiger partial charge in [-0.25, -0.2) is 0 Å². The summed E-state index contributed by atoms with van der Waals surface area (Å²) in [7, 11) is 3.05. The number of amides is 1. The molecule has 1 unspecified atom stereocenters. The molecule has 6 heteroatoms. The van der Waals surface area contributed by atoms with E-state index in [9.17, 15) is 14.7 Å². The lowest BCUT2D eigenvalue weighted by Gasteiger charge is -2.19. The number of rotatable bonds is 9. The summed E-state index contributed by atoms with van der Waals surface area (Å²) in [6.45, 7) is 0. The Labute approximate surface area is 164 Å². The molecular weight excluding hydrogens is 358 g/mol. The second-order valence-electron chi connectivity index (χ2n) is 7.05. The van der Waals surface area contributed by atoms with Gasteiger partial charge in [0.2, 0.25) is 5.91 Å². The first kappa shape index (κ1) is 19.7. The Morgan fingerprint density at radius 1 is 1.11 bits per heavy atom. The van der Waals surface area contributed by atoms with Gasteiger partial charge in [-0.15, -0.1) is 0 Å². The van der Waals surface area contributed by atoms with E-state index in [2.05, 4.69) is 17.4 Å². The predicted molar refractivity (Wildman–Crippen MR) is 105 cm³/mol. The van der Waals surface area contributed by atoms with Crippen LogP contribution in [0.1, 0.15) is 42.3 Å². The van der Waals surface area contributed by atoms with Crippen LogP contribution >= 0.6 is 0 Å². The third kappa shape index (κ3) is 4.82. The molecule has 0 bridgehead atoms. The van der Waals surface area contributed by atoms with E-state index in [0.717, 1.165) is 6.42 Å². The van der Waals surface area contributed by atoms with Crippen molar-refractivity contribution in [2.45, 2.75) is 31.2 Å². The van der Waals surface area contributed by atoms with Crippen molar-refractivity contribution in [3.8, 4) is 11.5 Å². The highest BCUT2D eigenvalue weighted by atomic mass is 16.5. The SMILES string of the molecule is COc1ccc(C(CC(=O)O)NC(=O)C[C@@H]2C[C@H]2c2ccccc2)cc1OC. The first-order valence-corrected chi connectivity index (χ1v) is 9.29. The molecule has 2 N–H and O–H groups in total. The number of hydrogen-bond donors (Lipinski definition) is 2. The molecule has 3 atom stereocenters. The van der Waals surface area contributed by atoms with Crippen LogP contribution in [0.5, 0.6) is 11.5 Å². The number of carboxylic acids is 1. The van der Waals surface area contributed by atoms with Gasteiger partial charge in [0, 0.05) is 6.42 Å². The molecule has 0 radical (unpaired) electrons. The molecule has 1 aliphatic rings. The molecule has 6 nitrogen and oxygen atoms in total. The molecule has 148 valence electrons. The summed E-state index contributed by atoms with van der Waals surface area (Å²) in [5, 5.41) is 12.1. The van der Waals surface area contributed by atoms with Crippen LogP contribution < -0.4 is 14.8 Å². The molecular formula is C22H25NO5. The summed E-state index contributed by atoms with van der Waals surface area (Å²) in [6, 6.07) is 14.7. The summed E-state index contributed by atoms with van der Waals surface area (Å²) >= 11 is 0. The number of carboxylic acid groups (broad SMARTS) is 1. The van der Waals surface area contributed by atoms with E-state index in [-0.39, 0.29) is 12.3 Å². The molecule has 1 saturated carbocycles. The number of carbonyl (C=O) groups excluding carboxylic acids is 1. The largest absolute Gasteiger partial charge is 0.493 e. The Morgan fingerprint density at radius 3 is 2.46 bits per heavy atom. The molecule has 3 rings (SSSR count). The number of carbonyl (C=O) groups is 2. The summed E-state index contributed by atoms with van der Waals surface area (Å²) in [6.07, 6.45) is 1.17. The van der Waals surface area contributed by atoms with Gasteiger partial charge in [-0.3, -0.25) is 9.59 Å². The Balaban J connectivity index is 1.66. The second kappa shape index (κ2) is 8.78. The number of methoxy groups -OCH3 is 2. The third-order valence-corrected chi connectivity index (χ3v) is 5.12. The van der Waals surface area contributed by atoms with E-state index in [1.165, 1.54) is 19.8 Å². The summed E-state index contributed by atoms with van der Waals surface area (Å²) < 4.78 is 10.5. The first-order chi connectivity index (χ1) is 13.5. The molecule has 1 aliphatic carbocycles. The van der Waals surface area contributed by atoms with Gasteiger partial charge in [-0.05, 0) is 41.5 Å². The summed E-state index contributed by atoms with van der Waals surface area (Å²) in [5.41, 5.74) is 1.92. The number of benzene rings is 2. The molecule has 0 aliphatic heterocycles. The van der Waals surface area contributed by atoms with Gasteiger partial charge in [-0.1, -0.05) is 36.4 Å². The lowest BCUT2D eigenvalue weighted by atomic mass is 10.0. The average molecular weight is 383 g/mol. The van der Waals surface area contributed by atoms with Crippen molar-refractivity contribution < 1.29 is 24.2 Å². The van der Waals surface area contributed by atoms with Crippen molar-refractivity contribution in [2.24, 2.45) is 5.92 Å². The fourth-order valence-corrected chi connectivity index (χ4v) is 3.57. The quantitative estimate of drug-likeness (QED) is 0.692. The lowest BCUT2D eigenvalue weighted by molar-refractivity contribution is -0.137. The van der Waals surface area contributed by atoms with E-state index in [4.69, 9.17) is 9.47 Å². The van der Waals surface area contributed by atoms with Gasteiger partial charge in [0.15, 0.2) is 11.5 Å². The smallest absolute Gasteiger partial charge is 0.305 e. The van der Waals surface area contributed by atoms with Crippen LogP contribution in [0.15, 0.2) is 48.5 Å². The van der Waals surface area contributed by atoms with Gasteiger partial charge < -0.3 is 19.9 Å². The standard InChI is InChI=1S/C22H25NO5/c1-27-19-9-8-15(11-20(19)28-2)18(13-22(25)26)23-21(24)12-16-10-17(16)14-6-4-3-5-7-14/h3-9,11,16-18H,10,12-13H2,1-2H3,(H,23,24)(H,25,26)/t16-,17-,18?/m0/s1. The maximum Gasteiger partial charge on any atom is 0.305 e. The molecule has 0 saturated heterocycles. The fourth-order valence-electron chi connectivity index (χ4n) is 3.57. The Bertz CT molecular complexity index is 836. The fraction of sp³-hybridized carbons (Fsp3) is 0.364. The zero-order chi connectivity index (χ0) is 20.1. The van der Waals surface area contributed by atoms with Crippen molar-refractivity contribution in [2.75, 3.05) is 14.2 Å². The molecule has 1 amide bonds. The van der Waals surface area contributed by atoms with E-state index < -0.39 is 12.0 Å². The van der Waals surface area contributed by atoms with Crippen LogP contribution in [0.3, 0.4) is 0 Å². The van der Waals surface area contributed by atoms with Gasteiger partial charge in [0.05, 0.1) is 26.7 Å². The zero-order valence-electron chi connectivity index (χ0n) is 16.1. The molecule has 2 aromatic carbocycles. The normalized spacial score (nSPS) is 18.8. The van der Waals surface area contributed by atoms with Gasteiger partial charge >= 0.3 is 5.97 Å². The highest BCUT2D eigenvalue weighted by molar-refractivity contribution is 5.78. The lowest BCUT2D eigenvalue weighted by Crippen LogP contribution is -2.30. The van der Waals surface area contributed by atoms with E-state index >= 15 is 0 Å². The Kier molecular flexibility index (Phi) is 6.19. The van der Waals surface area contributed by atoms with Gasteiger partial charge in [0.1, 0.15) is 0 Å². The van der Waals surface area contributed by atoms with Gasteiger partial charge in [0.25, 0.3) is 0 Å². The monoisotopic (exact) mass is 383 g/mol. The van der Waals surface area contributed by atoms with Crippen molar-refractivity contribution in [3.63, 3.8) is 0 Å². The van der Waals surface area contributed by atoms with E-state index in [1.54, 1.807) is 18.2 Å². The Morgan fingerprint density at radius 2 is 1.82 bits per heavy atom. The van der Waals surface area contributed by atoms with Crippen LogP contribution in [0, 0.1) is 5.92 Å². The molecule has 28 heavy (non-hydrogen) atoms. The maximum atomic E-state index is 12.6. The summed E-state index contributed by atoms with van der Waals surface area (Å²) in [5.74, 6) is 0.647. The minimum absolute atomic E-state index is 0.135. The van der Waals surface area contributed by atoms with E-state index in [1.807, 2.05) is 18.2 Å². The second-order valence-corrected chi connectivity index (χ2v) is 7.05. The first-order valence-electron chi connectivity index (χ1n) is 9.29. The van der Waals surface area contributed by atoms with Crippen molar-refractivity contribution in [1.82, 2.24) is 5.32 Å².